The van der Waals surface area contributed by atoms with Gasteiger partial charge in [-0.3, -0.25) is 0 Å². The van der Waals surface area contributed by atoms with E-state index in [1.807, 2.05) is 5.92 Å². The molecule has 2 aromatic carbocycles. The standard InChI is InChI=1S/C30H43/c1-4-14-28(22-21-26-15-8-5-9-16-26)30(23-25(2)3,29-19-12-7-13-20-29)24-27-17-10-6-11-18-27/h5-6,8-11,15-18,25,29H,4,7,12-14,19-24H2,1-3H3. The predicted octanol–water partition coefficient (Wildman–Crippen LogP) is 8.85. The van der Waals surface area contributed by atoms with Crippen LogP contribution in [-0.4, -0.2) is 0 Å². The van der Waals surface area contributed by atoms with Crippen molar-refractivity contribution in [2.75, 3.05) is 0 Å². The molecular formula is C30H43. The highest BCUT2D eigenvalue weighted by atomic mass is 14.5. The number of benzene rings is 2. The van der Waals surface area contributed by atoms with Crippen molar-refractivity contribution >= 4 is 0 Å². The lowest BCUT2D eigenvalue weighted by Crippen LogP contribution is -2.41. The maximum atomic E-state index is 2.45. The van der Waals surface area contributed by atoms with Crippen molar-refractivity contribution < 1.29 is 0 Å². The predicted molar refractivity (Wildman–Crippen MR) is 132 cm³/mol. The van der Waals surface area contributed by atoms with Crippen LogP contribution < -0.4 is 0 Å². The first-order valence-electron chi connectivity index (χ1n) is 12.6. The van der Waals surface area contributed by atoms with Gasteiger partial charge < -0.3 is 0 Å². The van der Waals surface area contributed by atoms with Gasteiger partial charge in [-0.1, -0.05) is 107 Å². The van der Waals surface area contributed by atoms with E-state index < -0.39 is 0 Å². The lowest BCUT2D eigenvalue weighted by Gasteiger charge is -2.50. The van der Waals surface area contributed by atoms with Crippen LogP contribution in [0.2, 0.25) is 0 Å². The van der Waals surface area contributed by atoms with Gasteiger partial charge in [0.15, 0.2) is 0 Å². The van der Waals surface area contributed by atoms with Crippen molar-refractivity contribution in [1.29, 1.82) is 0 Å². The quantitative estimate of drug-likeness (QED) is 0.351. The number of aryl methyl sites for hydroxylation is 1. The molecule has 0 amide bonds. The molecule has 0 spiro atoms. The monoisotopic (exact) mass is 403 g/mol. The summed E-state index contributed by atoms with van der Waals surface area (Å²) in [5, 5.41) is 0. The zero-order valence-electron chi connectivity index (χ0n) is 19.7. The van der Waals surface area contributed by atoms with Crippen molar-refractivity contribution in [3.8, 4) is 0 Å². The Morgan fingerprint density at radius 2 is 1.43 bits per heavy atom. The van der Waals surface area contributed by atoms with E-state index in [-0.39, 0.29) is 0 Å². The SMILES string of the molecule is CCC[C](CCc1ccccc1)C(Cc1ccccc1)(CC(C)C)C1CCCCC1. The summed E-state index contributed by atoms with van der Waals surface area (Å²) in [5.41, 5.74) is 3.39. The van der Waals surface area contributed by atoms with Gasteiger partial charge in [0.05, 0.1) is 0 Å². The van der Waals surface area contributed by atoms with Gasteiger partial charge >= 0.3 is 0 Å². The normalized spacial score (nSPS) is 17.4. The highest BCUT2D eigenvalue weighted by Gasteiger charge is 2.45. The molecule has 3 rings (SSSR count). The average molecular weight is 404 g/mol. The van der Waals surface area contributed by atoms with Crippen LogP contribution in [0, 0.1) is 23.2 Å². The van der Waals surface area contributed by atoms with E-state index >= 15 is 0 Å². The van der Waals surface area contributed by atoms with Crippen molar-refractivity contribution in [3.05, 3.63) is 77.7 Å². The molecule has 1 radical (unpaired) electrons. The Labute approximate surface area is 186 Å². The molecule has 30 heavy (non-hydrogen) atoms. The van der Waals surface area contributed by atoms with Crippen LogP contribution in [0.1, 0.15) is 89.7 Å². The fraction of sp³-hybridized carbons (Fsp3) is 0.567. The maximum absolute atomic E-state index is 2.45. The first-order chi connectivity index (χ1) is 14.6. The molecule has 0 nitrogen and oxygen atoms in total. The second-order valence-corrected chi connectivity index (χ2v) is 10.1. The molecule has 2 aromatic rings. The van der Waals surface area contributed by atoms with Crippen molar-refractivity contribution in [2.45, 2.75) is 91.4 Å². The molecule has 0 N–H and O–H groups in total. The molecule has 0 aromatic heterocycles. The zero-order chi connectivity index (χ0) is 21.2. The Morgan fingerprint density at radius 1 is 0.833 bits per heavy atom. The number of hydrogen-bond donors (Lipinski definition) is 0. The molecule has 0 bridgehead atoms. The molecule has 0 aliphatic heterocycles. The van der Waals surface area contributed by atoms with E-state index in [9.17, 15) is 0 Å². The van der Waals surface area contributed by atoms with Gasteiger partial charge in [0.2, 0.25) is 0 Å². The van der Waals surface area contributed by atoms with Gasteiger partial charge in [-0.2, -0.15) is 0 Å². The minimum atomic E-state index is 0.362. The third-order valence-electron chi connectivity index (χ3n) is 7.34. The Balaban J connectivity index is 1.95. The molecule has 1 aliphatic carbocycles. The van der Waals surface area contributed by atoms with Gasteiger partial charge in [-0.15, -0.1) is 0 Å². The summed E-state index contributed by atoms with van der Waals surface area (Å²) in [6.07, 6.45) is 14.7. The molecule has 163 valence electrons. The first kappa shape index (κ1) is 23.1. The molecule has 1 unspecified atom stereocenters. The van der Waals surface area contributed by atoms with Crippen LogP contribution in [0.3, 0.4) is 0 Å². The lowest BCUT2D eigenvalue weighted by molar-refractivity contribution is 0.0899. The third kappa shape index (κ3) is 6.22. The van der Waals surface area contributed by atoms with Gasteiger partial charge in [0.25, 0.3) is 0 Å². The smallest absolute Gasteiger partial charge is 0.0164 e. The fourth-order valence-corrected chi connectivity index (χ4v) is 6.15. The lowest BCUT2D eigenvalue weighted by atomic mass is 9.55. The molecule has 0 saturated heterocycles. The van der Waals surface area contributed by atoms with E-state index in [1.165, 1.54) is 81.8 Å². The van der Waals surface area contributed by atoms with Gasteiger partial charge in [0, 0.05) is 0 Å². The van der Waals surface area contributed by atoms with Crippen LogP contribution in [0.15, 0.2) is 60.7 Å². The minimum absolute atomic E-state index is 0.362. The van der Waals surface area contributed by atoms with E-state index in [0.29, 0.717) is 5.41 Å². The number of rotatable bonds is 11. The summed E-state index contributed by atoms with van der Waals surface area (Å²) < 4.78 is 0. The minimum Gasteiger partial charge on any atom is -0.0654 e. The van der Waals surface area contributed by atoms with Crippen LogP contribution in [-0.2, 0) is 12.8 Å². The van der Waals surface area contributed by atoms with Crippen molar-refractivity contribution in [2.24, 2.45) is 17.3 Å². The molecule has 1 atom stereocenters. The second-order valence-electron chi connectivity index (χ2n) is 10.1. The molecule has 0 heterocycles. The van der Waals surface area contributed by atoms with Gasteiger partial charge in [-0.05, 0) is 79.2 Å². The topological polar surface area (TPSA) is 0 Å². The summed E-state index contributed by atoms with van der Waals surface area (Å²) in [7, 11) is 0. The summed E-state index contributed by atoms with van der Waals surface area (Å²) >= 11 is 0. The zero-order valence-corrected chi connectivity index (χ0v) is 19.7. The largest absolute Gasteiger partial charge is 0.0654 e. The Bertz CT molecular complexity index is 695. The van der Waals surface area contributed by atoms with E-state index in [2.05, 4.69) is 81.4 Å². The van der Waals surface area contributed by atoms with Crippen molar-refractivity contribution in [3.63, 3.8) is 0 Å². The van der Waals surface area contributed by atoms with Crippen LogP contribution in [0.4, 0.5) is 0 Å². The molecule has 1 aliphatic rings. The summed E-state index contributed by atoms with van der Waals surface area (Å²) in [5.74, 6) is 3.46. The Kier molecular flexibility index (Phi) is 9.04. The first-order valence-corrected chi connectivity index (χ1v) is 12.6. The van der Waals surface area contributed by atoms with Crippen LogP contribution in [0.25, 0.3) is 0 Å². The molecular weight excluding hydrogens is 360 g/mol. The molecule has 1 fully saturated rings. The second kappa shape index (κ2) is 11.7. The van der Waals surface area contributed by atoms with Crippen LogP contribution in [0.5, 0.6) is 0 Å². The van der Waals surface area contributed by atoms with E-state index in [1.54, 1.807) is 0 Å². The Hall–Kier alpha value is -1.56. The van der Waals surface area contributed by atoms with E-state index in [0.717, 1.165) is 11.8 Å². The molecule has 0 heteroatoms. The Morgan fingerprint density at radius 3 is 2.00 bits per heavy atom. The number of hydrogen-bond acceptors (Lipinski definition) is 0. The van der Waals surface area contributed by atoms with Crippen LogP contribution >= 0.6 is 0 Å². The summed E-state index contributed by atoms with van der Waals surface area (Å²) in [6.45, 7) is 7.28. The fourth-order valence-electron chi connectivity index (χ4n) is 6.15. The highest BCUT2D eigenvalue weighted by molar-refractivity contribution is 5.23. The highest BCUT2D eigenvalue weighted by Crippen LogP contribution is 2.54. The summed E-state index contributed by atoms with van der Waals surface area (Å²) in [6, 6.07) is 22.5. The summed E-state index contributed by atoms with van der Waals surface area (Å²) in [4.78, 5) is 0. The van der Waals surface area contributed by atoms with Gasteiger partial charge in [-0.25, -0.2) is 0 Å². The molecule has 1 saturated carbocycles. The third-order valence-corrected chi connectivity index (χ3v) is 7.34. The maximum Gasteiger partial charge on any atom is -0.0164 e. The average Bonchev–Trinajstić information content (AvgIpc) is 2.78. The van der Waals surface area contributed by atoms with Gasteiger partial charge in [0.1, 0.15) is 0 Å². The van der Waals surface area contributed by atoms with E-state index in [4.69, 9.17) is 0 Å². The van der Waals surface area contributed by atoms with Crippen molar-refractivity contribution in [1.82, 2.24) is 0 Å².